The Morgan fingerprint density at radius 3 is 2.59 bits per heavy atom. The molecule has 22 heavy (non-hydrogen) atoms. The molecule has 1 aromatic heterocycles. The number of rotatable bonds is 3. The molecule has 6 heteroatoms. The van der Waals surface area contributed by atoms with Crippen LogP contribution in [0.5, 0.6) is 0 Å². The maximum Gasteiger partial charge on any atom is 0.335 e. The van der Waals surface area contributed by atoms with Crippen LogP contribution in [0, 0.1) is 0 Å². The van der Waals surface area contributed by atoms with Crippen molar-refractivity contribution in [3.05, 3.63) is 53.9 Å². The Kier molecular flexibility index (Phi) is 4.02. The van der Waals surface area contributed by atoms with Crippen molar-refractivity contribution >= 4 is 11.9 Å². The first-order valence-corrected chi connectivity index (χ1v) is 7.27. The van der Waals surface area contributed by atoms with Gasteiger partial charge in [-0.15, -0.1) is 0 Å². The molecule has 2 aromatic rings. The molecule has 0 amide bonds. The summed E-state index contributed by atoms with van der Waals surface area (Å²) in [6.45, 7) is 3.79. The summed E-state index contributed by atoms with van der Waals surface area (Å²) < 4.78 is 0. The molecule has 2 N–H and O–H groups in total. The van der Waals surface area contributed by atoms with Crippen LogP contribution in [0.4, 0.5) is 5.95 Å². The zero-order valence-electron chi connectivity index (χ0n) is 12.3. The first-order valence-electron chi connectivity index (χ1n) is 7.27. The summed E-state index contributed by atoms with van der Waals surface area (Å²) in [5.41, 5.74) is 1.37. The molecule has 1 saturated heterocycles. The van der Waals surface area contributed by atoms with Gasteiger partial charge in [0.1, 0.15) is 0 Å². The Morgan fingerprint density at radius 1 is 1.27 bits per heavy atom. The summed E-state index contributed by atoms with van der Waals surface area (Å²) in [7, 11) is 0. The fraction of sp³-hybridized carbons (Fsp3) is 0.312. The number of hydrogen-bond acceptors (Lipinski definition) is 5. The van der Waals surface area contributed by atoms with Crippen molar-refractivity contribution in [1.29, 1.82) is 0 Å². The minimum Gasteiger partial charge on any atom is -0.478 e. The van der Waals surface area contributed by atoms with Crippen molar-refractivity contribution < 1.29 is 9.90 Å². The van der Waals surface area contributed by atoms with Gasteiger partial charge >= 0.3 is 5.97 Å². The van der Waals surface area contributed by atoms with E-state index >= 15 is 0 Å². The van der Waals surface area contributed by atoms with Crippen LogP contribution in [0.3, 0.4) is 0 Å². The third-order valence-electron chi connectivity index (χ3n) is 4.02. The van der Waals surface area contributed by atoms with Gasteiger partial charge in [0.25, 0.3) is 0 Å². The third kappa shape index (κ3) is 2.78. The molecule has 1 aliphatic heterocycles. The Hall–Kier alpha value is -2.47. The maximum atomic E-state index is 10.9. The van der Waals surface area contributed by atoms with Crippen molar-refractivity contribution in [1.82, 2.24) is 15.3 Å². The molecule has 0 spiro atoms. The van der Waals surface area contributed by atoms with Crippen LogP contribution in [0.2, 0.25) is 0 Å². The standard InChI is InChI=1S/C16H18N4O2/c1-11-14(12-3-5-13(6-4-12)15(21)22)17-9-10-20(11)16-18-7-2-8-19-16/h2-8,11,14,17H,9-10H2,1H3,(H,21,22). The summed E-state index contributed by atoms with van der Waals surface area (Å²) in [4.78, 5) is 21.8. The highest BCUT2D eigenvalue weighted by atomic mass is 16.4. The minimum absolute atomic E-state index is 0.111. The van der Waals surface area contributed by atoms with Crippen molar-refractivity contribution in [2.45, 2.75) is 19.0 Å². The molecular weight excluding hydrogens is 280 g/mol. The topological polar surface area (TPSA) is 78.4 Å². The predicted molar refractivity (Wildman–Crippen MR) is 83.0 cm³/mol. The molecule has 0 bridgehead atoms. The summed E-state index contributed by atoms with van der Waals surface area (Å²) in [6.07, 6.45) is 3.49. The second-order valence-electron chi connectivity index (χ2n) is 5.34. The highest BCUT2D eigenvalue weighted by Crippen LogP contribution is 2.26. The Labute approximate surface area is 128 Å². The monoisotopic (exact) mass is 298 g/mol. The lowest BCUT2D eigenvalue weighted by molar-refractivity contribution is 0.0697. The summed E-state index contributed by atoms with van der Waals surface area (Å²) >= 11 is 0. The Morgan fingerprint density at radius 2 is 1.95 bits per heavy atom. The molecule has 114 valence electrons. The molecule has 1 aromatic carbocycles. The highest BCUT2D eigenvalue weighted by molar-refractivity contribution is 5.87. The number of piperazine rings is 1. The van der Waals surface area contributed by atoms with E-state index in [1.165, 1.54) is 0 Å². The predicted octanol–water partition coefficient (Wildman–Crippen LogP) is 1.71. The number of nitrogens with zero attached hydrogens (tertiary/aromatic N) is 3. The quantitative estimate of drug-likeness (QED) is 0.898. The van der Waals surface area contributed by atoms with Crippen LogP contribution in [-0.2, 0) is 0 Å². The average Bonchev–Trinajstić information content (AvgIpc) is 2.56. The van der Waals surface area contributed by atoms with E-state index in [2.05, 4.69) is 27.1 Å². The Balaban J connectivity index is 1.83. The maximum absolute atomic E-state index is 10.9. The molecule has 0 saturated carbocycles. The highest BCUT2D eigenvalue weighted by Gasteiger charge is 2.30. The minimum atomic E-state index is -0.907. The van der Waals surface area contributed by atoms with E-state index < -0.39 is 5.97 Å². The van der Waals surface area contributed by atoms with Gasteiger partial charge < -0.3 is 15.3 Å². The van der Waals surface area contributed by atoms with Crippen molar-refractivity contribution in [2.24, 2.45) is 0 Å². The van der Waals surface area contributed by atoms with E-state index in [9.17, 15) is 4.79 Å². The van der Waals surface area contributed by atoms with Crippen LogP contribution in [0.25, 0.3) is 0 Å². The average molecular weight is 298 g/mol. The van der Waals surface area contributed by atoms with Crippen molar-refractivity contribution in [2.75, 3.05) is 18.0 Å². The zero-order chi connectivity index (χ0) is 15.5. The van der Waals surface area contributed by atoms with Crippen molar-refractivity contribution in [3.8, 4) is 0 Å². The van der Waals surface area contributed by atoms with Gasteiger partial charge in [0.05, 0.1) is 11.6 Å². The first-order chi connectivity index (χ1) is 10.7. The number of carboxylic acid groups (broad SMARTS) is 1. The van der Waals surface area contributed by atoms with Gasteiger partial charge in [-0.2, -0.15) is 0 Å². The molecule has 1 fully saturated rings. The van der Waals surface area contributed by atoms with E-state index in [-0.39, 0.29) is 12.1 Å². The lowest BCUT2D eigenvalue weighted by Crippen LogP contribution is -2.52. The van der Waals surface area contributed by atoms with Gasteiger partial charge in [0.15, 0.2) is 0 Å². The van der Waals surface area contributed by atoms with E-state index in [4.69, 9.17) is 5.11 Å². The van der Waals surface area contributed by atoms with Gasteiger partial charge in [-0.3, -0.25) is 0 Å². The van der Waals surface area contributed by atoms with Crippen molar-refractivity contribution in [3.63, 3.8) is 0 Å². The SMILES string of the molecule is CC1C(c2ccc(C(=O)O)cc2)NCCN1c1ncccn1. The molecule has 2 atom stereocenters. The van der Waals surface area contributed by atoms with Crippen LogP contribution in [0.1, 0.15) is 28.9 Å². The van der Waals surface area contributed by atoms with E-state index in [0.717, 1.165) is 24.6 Å². The first kappa shape index (κ1) is 14.5. The summed E-state index contributed by atoms with van der Waals surface area (Å²) in [5, 5.41) is 12.5. The van der Waals surface area contributed by atoms with E-state index in [1.807, 2.05) is 12.1 Å². The largest absolute Gasteiger partial charge is 0.478 e. The molecule has 3 rings (SSSR count). The molecule has 1 aliphatic rings. The fourth-order valence-electron chi connectivity index (χ4n) is 2.85. The second kappa shape index (κ2) is 6.11. The van der Waals surface area contributed by atoms with Gasteiger partial charge in [-0.05, 0) is 30.7 Å². The number of nitrogens with one attached hydrogen (secondary N) is 1. The smallest absolute Gasteiger partial charge is 0.335 e. The number of benzene rings is 1. The number of carboxylic acids is 1. The van der Waals surface area contributed by atoms with Crippen LogP contribution < -0.4 is 10.2 Å². The van der Waals surface area contributed by atoms with E-state index in [0.29, 0.717) is 5.56 Å². The number of aromatic nitrogens is 2. The normalized spacial score (nSPS) is 21.6. The summed E-state index contributed by atoms with van der Waals surface area (Å²) in [5.74, 6) is -0.181. The van der Waals surface area contributed by atoms with Gasteiger partial charge in [0, 0.05) is 31.5 Å². The molecule has 0 radical (unpaired) electrons. The lowest BCUT2D eigenvalue weighted by atomic mass is 9.96. The van der Waals surface area contributed by atoms with Crippen LogP contribution >= 0.6 is 0 Å². The molecule has 6 nitrogen and oxygen atoms in total. The zero-order valence-corrected chi connectivity index (χ0v) is 12.3. The van der Waals surface area contributed by atoms with E-state index in [1.54, 1.807) is 30.6 Å². The molecule has 2 heterocycles. The third-order valence-corrected chi connectivity index (χ3v) is 4.02. The second-order valence-corrected chi connectivity index (χ2v) is 5.34. The number of aromatic carboxylic acids is 1. The van der Waals surface area contributed by atoms with Gasteiger partial charge in [0.2, 0.25) is 5.95 Å². The van der Waals surface area contributed by atoms with Gasteiger partial charge in [-0.25, -0.2) is 14.8 Å². The fourth-order valence-corrected chi connectivity index (χ4v) is 2.85. The van der Waals surface area contributed by atoms with Crippen LogP contribution in [0.15, 0.2) is 42.7 Å². The number of carbonyl (C=O) groups is 1. The molecular formula is C16H18N4O2. The molecule has 2 unspecified atom stereocenters. The summed E-state index contributed by atoms with van der Waals surface area (Å²) in [6, 6.07) is 9.11. The lowest BCUT2D eigenvalue weighted by Gasteiger charge is -2.40. The van der Waals surface area contributed by atoms with Crippen LogP contribution in [-0.4, -0.2) is 40.2 Å². The Bertz CT molecular complexity index is 645. The number of hydrogen-bond donors (Lipinski definition) is 2. The van der Waals surface area contributed by atoms with Gasteiger partial charge in [-0.1, -0.05) is 12.1 Å². The number of anilines is 1. The molecule has 0 aliphatic carbocycles.